The Hall–Kier alpha value is -2.19. The highest BCUT2D eigenvalue weighted by atomic mass is 35.5. The minimum Gasteiger partial charge on any atom is -0.377 e. The molecule has 0 saturated carbocycles. The summed E-state index contributed by atoms with van der Waals surface area (Å²) in [7, 11) is 1.64. The van der Waals surface area contributed by atoms with Gasteiger partial charge in [0.05, 0.1) is 6.54 Å². The summed E-state index contributed by atoms with van der Waals surface area (Å²) in [6, 6.07) is 4.92. The fourth-order valence-corrected chi connectivity index (χ4v) is 3.49. The average molecular weight is 409 g/mol. The van der Waals surface area contributed by atoms with E-state index in [1.54, 1.807) is 19.2 Å². The van der Waals surface area contributed by atoms with Gasteiger partial charge in [-0.1, -0.05) is 17.7 Å². The Morgan fingerprint density at radius 2 is 2.32 bits per heavy atom. The number of nitrogens with zero attached hydrogens (tertiary/aromatic N) is 4. The Balaban J connectivity index is 1.60. The van der Waals surface area contributed by atoms with Crippen molar-refractivity contribution in [2.24, 2.45) is 4.99 Å². The molecule has 9 heteroatoms. The van der Waals surface area contributed by atoms with Gasteiger partial charge in [0.2, 0.25) is 0 Å². The number of hydrogen-bond donors (Lipinski definition) is 2. The van der Waals surface area contributed by atoms with Gasteiger partial charge >= 0.3 is 0 Å². The largest absolute Gasteiger partial charge is 0.377 e. The second kappa shape index (κ2) is 9.84. The van der Waals surface area contributed by atoms with Gasteiger partial charge in [-0.05, 0) is 31.9 Å². The van der Waals surface area contributed by atoms with Gasteiger partial charge in [0, 0.05) is 43.2 Å². The maximum atomic E-state index is 13.9. The molecule has 0 saturated heterocycles. The lowest BCUT2D eigenvalue weighted by molar-refractivity contribution is 0.177. The number of guanidine groups is 1. The number of rotatable bonds is 7. The van der Waals surface area contributed by atoms with Crippen LogP contribution in [0.2, 0.25) is 5.02 Å². The summed E-state index contributed by atoms with van der Waals surface area (Å²) in [6.07, 6.45) is 2.23. The molecule has 0 fully saturated rings. The summed E-state index contributed by atoms with van der Waals surface area (Å²) in [6.45, 7) is 4.33. The summed E-state index contributed by atoms with van der Waals surface area (Å²) in [5.74, 6) is 2.11. The first-order valence-electron chi connectivity index (χ1n) is 9.50. The van der Waals surface area contributed by atoms with Crippen molar-refractivity contribution >= 4 is 17.6 Å². The number of hydrogen-bond acceptors (Lipinski definition) is 4. The van der Waals surface area contributed by atoms with Crippen LogP contribution in [-0.2, 0) is 30.7 Å². The summed E-state index contributed by atoms with van der Waals surface area (Å²) in [4.78, 5) is 9.07. The number of aromatic nitrogens is 3. The van der Waals surface area contributed by atoms with Gasteiger partial charge in [0.25, 0.3) is 0 Å². The second-order valence-electron chi connectivity index (χ2n) is 6.65. The molecule has 3 rings (SSSR count). The molecule has 1 aliphatic rings. The summed E-state index contributed by atoms with van der Waals surface area (Å²) < 4.78 is 20.9. The van der Waals surface area contributed by atoms with Crippen LogP contribution in [0, 0.1) is 5.82 Å². The number of aliphatic imine (C=N–C) groups is 1. The zero-order valence-electron chi connectivity index (χ0n) is 16.2. The van der Waals surface area contributed by atoms with E-state index in [2.05, 4.69) is 25.7 Å². The van der Waals surface area contributed by atoms with E-state index in [-0.39, 0.29) is 11.9 Å². The van der Waals surface area contributed by atoms with Crippen molar-refractivity contribution in [2.45, 2.75) is 45.4 Å². The third kappa shape index (κ3) is 5.20. The molecule has 2 aromatic rings. The van der Waals surface area contributed by atoms with Gasteiger partial charge < -0.3 is 15.4 Å². The lowest BCUT2D eigenvalue weighted by Crippen LogP contribution is -2.47. The molecule has 1 unspecified atom stereocenters. The standard InChI is InChI=1S/C19H26ClFN6O/c1-3-22-19(23-10-9-14-15(20)5-4-6-16(14)21)24-13-7-8-18-25-17(12-28-2)26-27(18)11-13/h4-6,13H,3,7-12H2,1-2H3,(H2,22,23,24). The highest BCUT2D eigenvalue weighted by Crippen LogP contribution is 2.19. The molecule has 1 aliphatic heterocycles. The highest BCUT2D eigenvalue weighted by Gasteiger charge is 2.22. The van der Waals surface area contributed by atoms with Crippen LogP contribution in [0.1, 0.15) is 30.6 Å². The Labute approximate surface area is 169 Å². The predicted molar refractivity (Wildman–Crippen MR) is 107 cm³/mol. The van der Waals surface area contributed by atoms with Crippen molar-refractivity contribution in [3.8, 4) is 0 Å². The third-order valence-corrected chi connectivity index (χ3v) is 4.91. The first-order valence-corrected chi connectivity index (χ1v) is 9.87. The van der Waals surface area contributed by atoms with E-state index in [1.165, 1.54) is 6.07 Å². The molecule has 1 aromatic carbocycles. The first kappa shape index (κ1) is 20.5. The highest BCUT2D eigenvalue weighted by molar-refractivity contribution is 6.31. The monoisotopic (exact) mass is 408 g/mol. The minimum atomic E-state index is -0.293. The third-order valence-electron chi connectivity index (χ3n) is 4.55. The molecule has 2 N–H and O–H groups in total. The first-order chi connectivity index (χ1) is 13.6. The second-order valence-corrected chi connectivity index (χ2v) is 7.06. The Bertz CT molecular complexity index is 805. The van der Waals surface area contributed by atoms with Crippen LogP contribution >= 0.6 is 11.6 Å². The van der Waals surface area contributed by atoms with Gasteiger partial charge in [-0.15, -0.1) is 0 Å². The zero-order valence-corrected chi connectivity index (χ0v) is 17.0. The van der Waals surface area contributed by atoms with Gasteiger partial charge in [0.1, 0.15) is 18.2 Å². The fraction of sp³-hybridized carbons (Fsp3) is 0.526. The van der Waals surface area contributed by atoms with Crippen molar-refractivity contribution < 1.29 is 9.13 Å². The molecule has 0 bridgehead atoms. The summed E-state index contributed by atoms with van der Waals surface area (Å²) in [5.41, 5.74) is 0.499. The van der Waals surface area contributed by atoms with Crippen LogP contribution in [0.4, 0.5) is 4.39 Å². The number of halogens is 2. The van der Waals surface area contributed by atoms with E-state index in [0.29, 0.717) is 41.9 Å². The van der Waals surface area contributed by atoms with E-state index in [0.717, 1.165) is 31.8 Å². The maximum Gasteiger partial charge on any atom is 0.191 e. The molecule has 1 atom stereocenters. The summed E-state index contributed by atoms with van der Waals surface area (Å²) >= 11 is 6.09. The smallest absolute Gasteiger partial charge is 0.191 e. The van der Waals surface area contributed by atoms with Gasteiger partial charge in [-0.3, -0.25) is 4.99 Å². The number of ether oxygens (including phenoxy) is 1. The molecular formula is C19H26ClFN6O. The van der Waals surface area contributed by atoms with Crippen molar-refractivity contribution in [1.29, 1.82) is 0 Å². The molecule has 2 heterocycles. The van der Waals surface area contributed by atoms with E-state index in [4.69, 9.17) is 16.3 Å². The molecule has 0 radical (unpaired) electrons. The van der Waals surface area contributed by atoms with E-state index in [9.17, 15) is 4.39 Å². The number of benzene rings is 1. The molecule has 152 valence electrons. The average Bonchev–Trinajstić information content (AvgIpc) is 3.06. The number of nitrogens with one attached hydrogen (secondary N) is 2. The van der Waals surface area contributed by atoms with Gasteiger partial charge in [-0.2, -0.15) is 5.10 Å². The van der Waals surface area contributed by atoms with Crippen LogP contribution in [0.3, 0.4) is 0 Å². The van der Waals surface area contributed by atoms with Crippen LogP contribution in [0.5, 0.6) is 0 Å². The van der Waals surface area contributed by atoms with E-state index >= 15 is 0 Å². The van der Waals surface area contributed by atoms with Crippen LogP contribution in [0.25, 0.3) is 0 Å². The van der Waals surface area contributed by atoms with Crippen LogP contribution in [-0.4, -0.2) is 47.0 Å². The Morgan fingerprint density at radius 1 is 1.46 bits per heavy atom. The number of aryl methyl sites for hydroxylation is 1. The number of methoxy groups -OCH3 is 1. The summed E-state index contributed by atoms with van der Waals surface area (Å²) in [5, 5.41) is 11.6. The number of fused-ring (bicyclic) bond motifs is 1. The van der Waals surface area contributed by atoms with Crippen molar-refractivity contribution in [3.05, 3.63) is 46.3 Å². The SMILES string of the molecule is CCNC(=NCCc1c(F)cccc1Cl)NC1CCc2nc(COC)nn2C1. The molecular weight excluding hydrogens is 383 g/mol. The normalized spacial score (nSPS) is 16.7. The lowest BCUT2D eigenvalue weighted by atomic mass is 10.1. The molecule has 0 spiro atoms. The minimum absolute atomic E-state index is 0.194. The van der Waals surface area contributed by atoms with Crippen LogP contribution in [0.15, 0.2) is 23.2 Å². The molecule has 7 nitrogen and oxygen atoms in total. The molecule has 1 aromatic heterocycles. The van der Waals surface area contributed by atoms with Crippen LogP contribution < -0.4 is 10.6 Å². The topological polar surface area (TPSA) is 76.4 Å². The Kier molecular flexibility index (Phi) is 7.22. The van der Waals surface area contributed by atoms with Crippen molar-refractivity contribution in [1.82, 2.24) is 25.4 Å². The zero-order chi connectivity index (χ0) is 19.9. The van der Waals surface area contributed by atoms with Crippen molar-refractivity contribution in [2.75, 3.05) is 20.2 Å². The molecule has 0 aliphatic carbocycles. The fourth-order valence-electron chi connectivity index (χ4n) is 3.23. The molecule has 28 heavy (non-hydrogen) atoms. The maximum absolute atomic E-state index is 13.9. The lowest BCUT2D eigenvalue weighted by Gasteiger charge is -2.25. The van der Waals surface area contributed by atoms with Gasteiger partial charge in [0.15, 0.2) is 11.8 Å². The van der Waals surface area contributed by atoms with Crippen molar-refractivity contribution in [3.63, 3.8) is 0 Å². The quantitative estimate of drug-likeness (QED) is 0.543. The predicted octanol–water partition coefficient (Wildman–Crippen LogP) is 2.33. The van der Waals surface area contributed by atoms with E-state index < -0.39 is 0 Å². The van der Waals surface area contributed by atoms with Gasteiger partial charge in [-0.25, -0.2) is 14.1 Å². The molecule has 0 amide bonds. The van der Waals surface area contributed by atoms with E-state index in [1.807, 2.05) is 11.6 Å². The Morgan fingerprint density at radius 3 is 3.07 bits per heavy atom.